The van der Waals surface area contributed by atoms with Gasteiger partial charge in [-0.1, -0.05) is 66.3 Å². The summed E-state index contributed by atoms with van der Waals surface area (Å²) in [4.78, 5) is 43.7. The molecule has 0 spiro atoms. The second kappa shape index (κ2) is 7.58. The Hall–Kier alpha value is -2.95. The van der Waals surface area contributed by atoms with E-state index in [0.717, 1.165) is 36.8 Å². The van der Waals surface area contributed by atoms with Gasteiger partial charge in [0.05, 0.1) is 17.0 Å². The zero-order chi connectivity index (χ0) is 19.7. The van der Waals surface area contributed by atoms with Crippen LogP contribution >= 0.6 is 0 Å². The molecule has 2 aromatic carbocycles. The van der Waals surface area contributed by atoms with Crippen LogP contribution in [0.3, 0.4) is 0 Å². The van der Waals surface area contributed by atoms with Crippen LogP contribution in [0.25, 0.3) is 0 Å². The summed E-state index contributed by atoms with van der Waals surface area (Å²) in [6.45, 7) is 1.98. The fourth-order valence-electron chi connectivity index (χ4n) is 4.33. The van der Waals surface area contributed by atoms with E-state index in [0.29, 0.717) is 5.06 Å². The number of imide groups is 1. The van der Waals surface area contributed by atoms with Crippen LogP contribution in [-0.2, 0) is 9.63 Å². The Labute approximate surface area is 164 Å². The fraction of sp³-hybridized carbons (Fsp3) is 0.348. The standard InChI is InChI=1S/C23H23NO4/c1-15-8-7-11-17(14-15)20(16-9-3-2-4-10-16)23(27)28-24-21(25)18-12-5-6-13-19(18)22(24)26/h5-8,11-14,16,20H,2-4,9-10H2,1H3. The van der Waals surface area contributed by atoms with Gasteiger partial charge in [0.25, 0.3) is 11.8 Å². The van der Waals surface area contributed by atoms with E-state index in [4.69, 9.17) is 4.84 Å². The second-order valence-electron chi connectivity index (χ2n) is 7.65. The molecule has 5 nitrogen and oxygen atoms in total. The molecule has 1 atom stereocenters. The van der Waals surface area contributed by atoms with E-state index < -0.39 is 23.7 Å². The monoisotopic (exact) mass is 377 g/mol. The second-order valence-corrected chi connectivity index (χ2v) is 7.65. The lowest BCUT2D eigenvalue weighted by atomic mass is 9.76. The van der Waals surface area contributed by atoms with Crippen LogP contribution in [0.15, 0.2) is 48.5 Å². The summed E-state index contributed by atoms with van der Waals surface area (Å²) in [5, 5.41) is 0.624. The lowest BCUT2D eigenvalue weighted by Crippen LogP contribution is -2.36. The summed E-state index contributed by atoms with van der Waals surface area (Å²) in [5.41, 5.74) is 2.48. The van der Waals surface area contributed by atoms with E-state index in [9.17, 15) is 14.4 Å². The molecule has 0 saturated heterocycles. The summed E-state index contributed by atoms with van der Waals surface area (Å²) in [6, 6.07) is 14.3. The minimum absolute atomic E-state index is 0.151. The van der Waals surface area contributed by atoms with Crippen molar-refractivity contribution in [3.8, 4) is 0 Å². The molecular weight excluding hydrogens is 354 g/mol. The molecule has 1 fully saturated rings. The Morgan fingerprint density at radius 1 is 0.964 bits per heavy atom. The molecule has 1 saturated carbocycles. The van der Waals surface area contributed by atoms with Crippen molar-refractivity contribution in [1.82, 2.24) is 5.06 Å². The number of benzene rings is 2. The van der Waals surface area contributed by atoms with E-state index >= 15 is 0 Å². The molecular formula is C23H23NO4. The van der Waals surface area contributed by atoms with Crippen molar-refractivity contribution in [1.29, 1.82) is 0 Å². The molecule has 2 aliphatic rings. The van der Waals surface area contributed by atoms with Gasteiger partial charge in [-0.05, 0) is 43.4 Å². The molecule has 1 aliphatic heterocycles. The molecule has 0 aromatic heterocycles. The van der Waals surface area contributed by atoms with Crippen LogP contribution in [0.5, 0.6) is 0 Å². The quantitative estimate of drug-likeness (QED) is 0.740. The van der Waals surface area contributed by atoms with E-state index in [1.54, 1.807) is 24.3 Å². The maximum atomic E-state index is 13.2. The van der Waals surface area contributed by atoms with Crippen molar-refractivity contribution in [2.24, 2.45) is 5.92 Å². The molecule has 1 unspecified atom stereocenters. The number of carbonyl (C=O) groups excluding carboxylic acids is 3. The van der Waals surface area contributed by atoms with Crippen molar-refractivity contribution in [3.05, 3.63) is 70.8 Å². The smallest absolute Gasteiger partial charge is 0.329 e. The molecule has 1 aliphatic carbocycles. The van der Waals surface area contributed by atoms with Crippen molar-refractivity contribution in [2.75, 3.05) is 0 Å². The molecule has 4 rings (SSSR count). The molecule has 0 N–H and O–H groups in total. The van der Waals surface area contributed by atoms with Gasteiger partial charge < -0.3 is 4.84 Å². The van der Waals surface area contributed by atoms with E-state index in [1.807, 2.05) is 31.2 Å². The Morgan fingerprint density at radius 3 is 2.21 bits per heavy atom. The van der Waals surface area contributed by atoms with Gasteiger partial charge in [0.1, 0.15) is 0 Å². The molecule has 144 valence electrons. The van der Waals surface area contributed by atoms with E-state index in [1.165, 1.54) is 6.42 Å². The Kier molecular flexibility index (Phi) is 4.99. The maximum absolute atomic E-state index is 13.2. The van der Waals surface area contributed by atoms with Gasteiger partial charge in [0, 0.05) is 0 Å². The highest BCUT2D eigenvalue weighted by Crippen LogP contribution is 2.38. The third kappa shape index (κ3) is 3.33. The average molecular weight is 377 g/mol. The first kappa shape index (κ1) is 18.4. The molecule has 28 heavy (non-hydrogen) atoms. The molecule has 0 bridgehead atoms. The van der Waals surface area contributed by atoms with Crippen molar-refractivity contribution >= 4 is 17.8 Å². The zero-order valence-corrected chi connectivity index (χ0v) is 15.9. The Balaban J connectivity index is 1.61. The number of hydroxylamine groups is 2. The molecule has 2 aromatic rings. The Morgan fingerprint density at radius 2 is 1.61 bits per heavy atom. The summed E-state index contributed by atoms with van der Waals surface area (Å²) in [7, 11) is 0. The summed E-state index contributed by atoms with van der Waals surface area (Å²) in [6.07, 6.45) is 5.21. The topological polar surface area (TPSA) is 63.7 Å². The van der Waals surface area contributed by atoms with Crippen LogP contribution in [0.2, 0.25) is 0 Å². The minimum atomic E-state index is -0.583. The first-order chi connectivity index (χ1) is 13.6. The highest BCUT2D eigenvalue weighted by atomic mass is 16.7. The highest BCUT2D eigenvalue weighted by molar-refractivity contribution is 6.20. The van der Waals surface area contributed by atoms with Crippen LogP contribution in [0, 0.1) is 12.8 Å². The van der Waals surface area contributed by atoms with E-state index in [2.05, 4.69) is 0 Å². The van der Waals surface area contributed by atoms with Gasteiger partial charge in [0.15, 0.2) is 0 Å². The van der Waals surface area contributed by atoms with Crippen molar-refractivity contribution in [3.63, 3.8) is 0 Å². The number of hydrogen-bond donors (Lipinski definition) is 0. The molecule has 5 heteroatoms. The predicted octanol–water partition coefficient (Wildman–Crippen LogP) is 4.41. The fourth-order valence-corrected chi connectivity index (χ4v) is 4.33. The average Bonchev–Trinajstić information content (AvgIpc) is 2.94. The van der Waals surface area contributed by atoms with Crippen LogP contribution in [0.4, 0.5) is 0 Å². The third-order valence-corrected chi connectivity index (χ3v) is 5.71. The van der Waals surface area contributed by atoms with Crippen LogP contribution in [0.1, 0.15) is 69.9 Å². The predicted molar refractivity (Wildman–Crippen MR) is 104 cm³/mol. The highest BCUT2D eigenvalue weighted by Gasteiger charge is 2.41. The number of carbonyl (C=O) groups is 3. The zero-order valence-electron chi connectivity index (χ0n) is 15.9. The lowest BCUT2D eigenvalue weighted by molar-refractivity contribution is -0.172. The van der Waals surface area contributed by atoms with Gasteiger partial charge >= 0.3 is 5.97 Å². The van der Waals surface area contributed by atoms with Gasteiger partial charge in [0.2, 0.25) is 0 Å². The largest absolute Gasteiger partial charge is 0.340 e. The summed E-state index contributed by atoms with van der Waals surface area (Å²) >= 11 is 0. The van der Waals surface area contributed by atoms with Gasteiger partial charge in [-0.3, -0.25) is 9.59 Å². The van der Waals surface area contributed by atoms with Crippen molar-refractivity contribution in [2.45, 2.75) is 44.9 Å². The molecule has 2 amide bonds. The Bertz CT molecular complexity index is 895. The van der Waals surface area contributed by atoms with Crippen LogP contribution < -0.4 is 0 Å². The number of hydrogen-bond acceptors (Lipinski definition) is 4. The van der Waals surface area contributed by atoms with Gasteiger partial charge in [-0.25, -0.2) is 4.79 Å². The van der Waals surface area contributed by atoms with Gasteiger partial charge in [-0.15, -0.1) is 0 Å². The number of nitrogens with zero attached hydrogens (tertiary/aromatic N) is 1. The summed E-state index contributed by atoms with van der Waals surface area (Å²) in [5.74, 6) is -2.03. The normalized spacial score (nSPS) is 18.1. The maximum Gasteiger partial charge on any atom is 0.340 e. The van der Waals surface area contributed by atoms with Crippen LogP contribution in [-0.4, -0.2) is 22.8 Å². The molecule has 0 radical (unpaired) electrons. The first-order valence-electron chi connectivity index (χ1n) is 9.82. The van der Waals surface area contributed by atoms with Crippen molar-refractivity contribution < 1.29 is 19.2 Å². The van der Waals surface area contributed by atoms with E-state index in [-0.39, 0.29) is 17.0 Å². The number of fused-ring (bicyclic) bond motifs is 1. The lowest BCUT2D eigenvalue weighted by Gasteiger charge is -2.29. The SMILES string of the molecule is Cc1cccc(C(C(=O)ON2C(=O)c3ccccc3C2=O)C2CCCCC2)c1. The minimum Gasteiger partial charge on any atom is -0.329 e. The molecule has 1 heterocycles. The third-order valence-electron chi connectivity index (χ3n) is 5.71. The first-order valence-corrected chi connectivity index (χ1v) is 9.82. The number of rotatable bonds is 4. The number of amides is 2. The van der Waals surface area contributed by atoms with Gasteiger partial charge in [-0.2, -0.15) is 0 Å². The summed E-state index contributed by atoms with van der Waals surface area (Å²) < 4.78 is 0. The number of aryl methyl sites for hydroxylation is 1.